The molecule has 15 heavy (non-hydrogen) atoms. The number of carbonyl (C=O) groups is 2. The lowest BCUT2D eigenvalue weighted by Gasteiger charge is -2.21. The summed E-state index contributed by atoms with van der Waals surface area (Å²) in [6, 6.07) is -0.664. The molecule has 0 radical (unpaired) electrons. The fraction of sp³-hybridized carbons (Fsp3) is 0.600. The standard InChI is InChI=1S/C10H16N2O3/c1-3-5-8(11)10(15)12(6-4-2)7-9(13)14/h2,8H,3,5-7,11H2,1H3,(H,13,14). The lowest BCUT2D eigenvalue weighted by atomic mass is 10.1. The van der Waals surface area contributed by atoms with E-state index in [1.165, 1.54) is 0 Å². The summed E-state index contributed by atoms with van der Waals surface area (Å²) in [5.41, 5.74) is 5.58. The van der Waals surface area contributed by atoms with Crippen LogP contribution in [0.1, 0.15) is 19.8 Å². The second kappa shape index (κ2) is 6.85. The van der Waals surface area contributed by atoms with Crippen LogP contribution in [0, 0.1) is 12.3 Å². The van der Waals surface area contributed by atoms with Gasteiger partial charge in [-0.2, -0.15) is 0 Å². The number of carbonyl (C=O) groups excluding carboxylic acids is 1. The van der Waals surface area contributed by atoms with Crippen molar-refractivity contribution in [2.75, 3.05) is 13.1 Å². The van der Waals surface area contributed by atoms with Crippen LogP contribution in [-0.4, -0.2) is 41.0 Å². The zero-order valence-electron chi connectivity index (χ0n) is 8.77. The Morgan fingerprint density at radius 2 is 2.20 bits per heavy atom. The number of nitrogens with zero attached hydrogens (tertiary/aromatic N) is 1. The van der Waals surface area contributed by atoms with E-state index in [0.717, 1.165) is 11.3 Å². The molecule has 0 aromatic rings. The highest BCUT2D eigenvalue weighted by Crippen LogP contribution is 1.99. The van der Waals surface area contributed by atoms with Gasteiger partial charge in [-0.05, 0) is 6.42 Å². The van der Waals surface area contributed by atoms with Crippen molar-refractivity contribution in [1.82, 2.24) is 4.90 Å². The predicted octanol–water partition coefficient (Wildman–Crippen LogP) is -0.340. The van der Waals surface area contributed by atoms with Gasteiger partial charge in [-0.1, -0.05) is 19.3 Å². The maximum Gasteiger partial charge on any atom is 0.323 e. The van der Waals surface area contributed by atoms with Crippen LogP contribution in [0.25, 0.3) is 0 Å². The molecule has 0 fully saturated rings. The maximum absolute atomic E-state index is 11.6. The summed E-state index contributed by atoms with van der Waals surface area (Å²) in [7, 11) is 0. The molecular formula is C10H16N2O3. The molecule has 0 bridgehead atoms. The molecule has 5 heteroatoms. The number of carboxylic acids is 1. The quantitative estimate of drug-likeness (QED) is 0.590. The Morgan fingerprint density at radius 1 is 1.60 bits per heavy atom. The minimum atomic E-state index is -1.10. The number of rotatable bonds is 6. The molecule has 1 unspecified atom stereocenters. The third kappa shape index (κ3) is 5.03. The number of aliphatic carboxylic acids is 1. The molecule has 0 aliphatic carbocycles. The molecule has 0 aromatic carbocycles. The lowest BCUT2D eigenvalue weighted by Crippen LogP contribution is -2.45. The molecule has 0 saturated carbocycles. The van der Waals surface area contributed by atoms with Gasteiger partial charge in [0.05, 0.1) is 12.6 Å². The van der Waals surface area contributed by atoms with E-state index in [9.17, 15) is 9.59 Å². The zero-order valence-corrected chi connectivity index (χ0v) is 8.77. The highest BCUT2D eigenvalue weighted by atomic mass is 16.4. The first kappa shape index (κ1) is 13.5. The van der Waals surface area contributed by atoms with E-state index in [-0.39, 0.29) is 6.54 Å². The number of hydrogen-bond donors (Lipinski definition) is 2. The van der Waals surface area contributed by atoms with E-state index in [1.807, 2.05) is 6.92 Å². The van der Waals surface area contributed by atoms with Gasteiger partial charge in [0.2, 0.25) is 5.91 Å². The predicted molar refractivity (Wildman–Crippen MR) is 55.9 cm³/mol. The van der Waals surface area contributed by atoms with Gasteiger partial charge in [0, 0.05) is 0 Å². The van der Waals surface area contributed by atoms with Gasteiger partial charge in [-0.3, -0.25) is 9.59 Å². The van der Waals surface area contributed by atoms with Gasteiger partial charge in [0.25, 0.3) is 0 Å². The molecule has 0 aliphatic heterocycles. The van der Waals surface area contributed by atoms with Crippen LogP contribution in [0.4, 0.5) is 0 Å². The number of hydrogen-bond acceptors (Lipinski definition) is 3. The monoisotopic (exact) mass is 212 g/mol. The maximum atomic E-state index is 11.6. The normalized spacial score (nSPS) is 11.5. The summed E-state index contributed by atoms with van der Waals surface area (Å²) < 4.78 is 0. The summed E-state index contributed by atoms with van der Waals surface area (Å²) in [5.74, 6) is 0.737. The Morgan fingerprint density at radius 3 is 2.60 bits per heavy atom. The highest BCUT2D eigenvalue weighted by Gasteiger charge is 2.21. The fourth-order valence-corrected chi connectivity index (χ4v) is 1.15. The van der Waals surface area contributed by atoms with Gasteiger partial charge in [-0.25, -0.2) is 0 Å². The van der Waals surface area contributed by atoms with Crippen molar-refractivity contribution in [1.29, 1.82) is 0 Å². The van der Waals surface area contributed by atoms with E-state index < -0.39 is 24.5 Å². The number of terminal acetylenes is 1. The van der Waals surface area contributed by atoms with Crippen LogP contribution in [-0.2, 0) is 9.59 Å². The van der Waals surface area contributed by atoms with E-state index in [1.54, 1.807) is 0 Å². The van der Waals surface area contributed by atoms with Crippen LogP contribution >= 0.6 is 0 Å². The summed E-state index contributed by atoms with van der Waals surface area (Å²) in [6.45, 7) is 1.47. The van der Waals surface area contributed by atoms with Crippen molar-refractivity contribution < 1.29 is 14.7 Å². The smallest absolute Gasteiger partial charge is 0.323 e. The van der Waals surface area contributed by atoms with Gasteiger partial charge in [0.15, 0.2) is 0 Å². The average Bonchev–Trinajstić information content (AvgIpc) is 2.16. The molecule has 0 rings (SSSR count). The average molecular weight is 212 g/mol. The summed E-state index contributed by atoms with van der Waals surface area (Å²) in [5, 5.41) is 8.57. The van der Waals surface area contributed by atoms with E-state index in [4.69, 9.17) is 17.3 Å². The Bertz CT molecular complexity index is 270. The summed E-state index contributed by atoms with van der Waals surface area (Å²) in [4.78, 5) is 23.1. The van der Waals surface area contributed by atoms with Crippen LogP contribution in [0.5, 0.6) is 0 Å². The third-order valence-electron chi connectivity index (χ3n) is 1.84. The van der Waals surface area contributed by atoms with E-state index in [0.29, 0.717) is 6.42 Å². The van der Waals surface area contributed by atoms with Gasteiger partial charge in [0.1, 0.15) is 6.54 Å². The molecule has 3 N–H and O–H groups in total. The number of amides is 1. The van der Waals surface area contributed by atoms with Crippen LogP contribution in [0.15, 0.2) is 0 Å². The van der Waals surface area contributed by atoms with Crippen molar-refractivity contribution >= 4 is 11.9 Å². The first-order valence-corrected chi connectivity index (χ1v) is 4.72. The molecule has 0 spiro atoms. The minimum absolute atomic E-state index is 0.0253. The molecule has 1 amide bonds. The molecule has 0 aliphatic rings. The highest BCUT2D eigenvalue weighted by molar-refractivity contribution is 5.85. The lowest BCUT2D eigenvalue weighted by molar-refractivity contribution is -0.144. The number of nitrogens with two attached hydrogens (primary N) is 1. The first-order chi connectivity index (χ1) is 7.02. The first-order valence-electron chi connectivity index (χ1n) is 4.72. The molecule has 1 atom stereocenters. The largest absolute Gasteiger partial charge is 0.480 e. The van der Waals surface area contributed by atoms with Crippen LogP contribution < -0.4 is 5.73 Å². The fourth-order valence-electron chi connectivity index (χ4n) is 1.15. The Balaban J connectivity index is 4.41. The zero-order chi connectivity index (χ0) is 11.8. The molecule has 0 saturated heterocycles. The topological polar surface area (TPSA) is 83.6 Å². The molecule has 5 nitrogen and oxygen atoms in total. The van der Waals surface area contributed by atoms with Gasteiger partial charge in [-0.15, -0.1) is 6.42 Å². The van der Waals surface area contributed by atoms with Gasteiger partial charge >= 0.3 is 5.97 Å². The molecule has 0 aromatic heterocycles. The molecule has 84 valence electrons. The third-order valence-corrected chi connectivity index (χ3v) is 1.84. The van der Waals surface area contributed by atoms with Crippen molar-refractivity contribution in [3.05, 3.63) is 0 Å². The SMILES string of the molecule is C#CCN(CC(=O)O)C(=O)C(N)CCC. The van der Waals surface area contributed by atoms with Crippen molar-refractivity contribution in [2.24, 2.45) is 5.73 Å². The van der Waals surface area contributed by atoms with Crippen LogP contribution in [0.2, 0.25) is 0 Å². The minimum Gasteiger partial charge on any atom is -0.480 e. The second-order valence-electron chi connectivity index (χ2n) is 3.19. The van der Waals surface area contributed by atoms with Crippen molar-refractivity contribution in [3.8, 4) is 12.3 Å². The number of carboxylic acid groups (broad SMARTS) is 1. The Labute approximate surface area is 89.2 Å². The van der Waals surface area contributed by atoms with Crippen molar-refractivity contribution in [3.63, 3.8) is 0 Å². The second-order valence-corrected chi connectivity index (χ2v) is 3.19. The summed E-state index contributed by atoms with van der Waals surface area (Å²) >= 11 is 0. The Hall–Kier alpha value is -1.54. The van der Waals surface area contributed by atoms with E-state index >= 15 is 0 Å². The van der Waals surface area contributed by atoms with Crippen LogP contribution in [0.3, 0.4) is 0 Å². The van der Waals surface area contributed by atoms with Crippen molar-refractivity contribution in [2.45, 2.75) is 25.8 Å². The Kier molecular flexibility index (Phi) is 6.14. The molecule has 0 heterocycles. The molecular weight excluding hydrogens is 196 g/mol. The van der Waals surface area contributed by atoms with E-state index in [2.05, 4.69) is 5.92 Å². The van der Waals surface area contributed by atoms with Gasteiger partial charge < -0.3 is 15.7 Å². The summed E-state index contributed by atoms with van der Waals surface area (Å²) in [6.07, 6.45) is 6.33.